The Balaban J connectivity index is 2.14. The number of methoxy groups -OCH3 is 3. The van der Waals surface area contributed by atoms with E-state index in [2.05, 4.69) is 10.3 Å². The molecule has 2 N–H and O–H groups in total. The van der Waals surface area contributed by atoms with E-state index in [-0.39, 0.29) is 23.3 Å². The fraction of sp³-hybridized carbons (Fsp3) is 0.632. The van der Waals surface area contributed by atoms with Crippen molar-refractivity contribution >= 4 is 11.9 Å². The number of esters is 1. The monoisotopic (exact) mass is 396 g/mol. The van der Waals surface area contributed by atoms with Crippen LogP contribution in [0.15, 0.2) is 12.3 Å². The van der Waals surface area contributed by atoms with Crippen molar-refractivity contribution < 1.29 is 33.6 Å². The lowest BCUT2D eigenvalue weighted by Crippen LogP contribution is -2.47. The summed E-state index contributed by atoms with van der Waals surface area (Å²) in [4.78, 5) is 29.1. The molecule has 1 aliphatic heterocycles. The van der Waals surface area contributed by atoms with Crippen LogP contribution < -0.4 is 10.1 Å². The standard InChI is InChI=1S/C19H28N2O7/c1-11-17(27-4)14(26-3)8-6-5-7-12(19(24)28-11)21-18(23)15-16(22)13(25-2)9-10-20-15/h9-12,14,17,22H,5-8H2,1-4H3,(H,21,23)/t11-,12-,14-,17-/m0/s1. The number of ether oxygens (including phenoxy) is 4. The van der Waals surface area contributed by atoms with Crippen LogP contribution in [0.3, 0.4) is 0 Å². The number of pyridine rings is 1. The van der Waals surface area contributed by atoms with Gasteiger partial charge in [-0.3, -0.25) is 4.79 Å². The average Bonchev–Trinajstić information content (AvgIpc) is 2.68. The molecule has 1 amide bonds. The van der Waals surface area contributed by atoms with Gasteiger partial charge in [0.25, 0.3) is 5.91 Å². The first-order valence-corrected chi connectivity index (χ1v) is 9.21. The van der Waals surface area contributed by atoms with E-state index in [0.29, 0.717) is 12.8 Å². The molecule has 0 aromatic carbocycles. The smallest absolute Gasteiger partial charge is 0.329 e. The van der Waals surface area contributed by atoms with Crippen molar-refractivity contribution in [2.75, 3.05) is 21.3 Å². The quantitative estimate of drug-likeness (QED) is 0.718. The third-order valence-electron chi connectivity index (χ3n) is 4.85. The number of hydrogen-bond donors (Lipinski definition) is 2. The highest BCUT2D eigenvalue weighted by molar-refractivity contribution is 5.97. The number of nitrogens with one attached hydrogen (secondary N) is 1. The van der Waals surface area contributed by atoms with Gasteiger partial charge >= 0.3 is 5.97 Å². The molecule has 9 nitrogen and oxygen atoms in total. The summed E-state index contributed by atoms with van der Waals surface area (Å²) in [5, 5.41) is 12.7. The van der Waals surface area contributed by atoms with Crippen LogP contribution >= 0.6 is 0 Å². The summed E-state index contributed by atoms with van der Waals surface area (Å²) in [6.45, 7) is 1.73. The second-order valence-electron chi connectivity index (χ2n) is 6.64. The first kappa shape index (κ1) is 21.9. The van der Waals surface area contributed by atoms with Crippen LogP contribution in [-0.2, 0) is 19.0 Å². The van der Waals surface area contributed by atoms with Crippen molar-refractivity contribution in [3.8, 4) is 11.5 Å². The van der Waals surface area contributed by atoms with E-state index < -0.39 is 30.1 Å². The predicted octanol–water partition coefficient (Wildman–Crippen LogP) is 1.43. The van der Waals surface area contributed by atoms with Gasteiger partial charge in [-0.15, -0.1) is 0 Å². The Hall–Kier alpha value is -2.39. The maximum absolute atomic E-state index is 12.6. The summed E-state index contributed by atoms with van der Waals surface area (Å²) in [6, 6.07) is 0.571. The zero-order valence-corrected chi connectivity index (χ0v) is 16.6. The van der Waals surface area contributed by atoms with Crippen molar-refractivity contribution in [3.05, 3.63) is 18.0 Å². The Morgan fingerprint density at radius 3 is 2.61 bits per heavy atom. The molecule has 0 spiro atoms. The molecule has 0 unspecified atom stereocenters. The molecule has 1 fully saturated rings. The molecule has 0 aliphatic carbocycles. The first-order chi connectivity index (χ1) is 13.4. The molecule has 28 heavy (non-hydrogen) atoms. The second-order valence-corrected chi connectivity index (χ2v) is 6.64. The molecule has 9 heteroatoms. The number of cyclic esters (lactones) is 1. The lowest BCUT2D eigenvalue weighted by molar-refractivity contribution is -0.165. The zero-order valence-electron chi connectivity index (χ0n) is 16.6. The van der Waals surface area contributed by atoms with Crippen molar-refractivity contribution in [2.45, 2.75) is 57.0 Å². The van der Waals surface area contributed by atoms with E-state index in [1.165, 1.54) is 19.4 Å². The van der Waals surface area contributed by atoms with E-state index in [4.69, 9.17) is 18.9 Å². The number of aromatic hydroxyl groups is 1. The Labute approximate surface area is 164 Å². The van der Waals surface area contributed by atoms with Crippen molar-refractivity contribution in [1.29, 1.82) is 0 Å². The van der Waals surface area contributed by atoms with E-state index in [1.807, 2.05) is 0 Å². The third-order valence-corrected chi connectivity index (χ3v) is 4.85. The number of carbonyl (C=O) groups is 2. The minimum atomic E-state index is -0.862. The molecule has 2 rings (SSSR count). The molecular weight excluding hydrogens is 368 g/mol. The van der Waals surface area contributed by atoms with E-state index in [1.54, 1.807) is 21.1 Å². The lowest BCUT2D eigenvalue weighted by atomic mass is 9.99. The van der Waals surface area contributed by atoms with Gasteiger partial charge in [-0.2, -0.15) is 0 Å². The molecule has 0 saturated carbocycles. The number of amides is 1. The van der Waals surface area contributed by atoms with E-state index >= 15 is 0 Å². The Bertz CT molecular complexity index is 682. The van der Waals surface area contributed by atoms with Crippen molar-refractivity contribution in [2.24, 2.45) is 0 Å². The molecular formula is C19H28N2O7. The highest BCUT2D eigenvalue weighted by atomic mass is 16.6. The molecule has 0 bridgehead atoms. The SMILES string of the molecule is COc1ccnc(C(=O)N[C@H]2CCCC[C@H](OC)[C@@H](OC)[C@H](C)OC2=O)c1O. The average molecular weight is 396 g/mol. The summed E-state index contributed by atoms with van der Waals surface area (Å²) >= 11 is 0. The third kappa shape index (κ3) is 5.11. The summed E-state index contributed by atoms with van der Waals surface area (Å²) in [6.07, 6.45) is 2.82. The topological polar surface area (TPSA) is 116 Å². The molecule has 156 valence electrons. The molecule has 1 aromatic heterocycles. The van der Waals surface area contributed by atoms with Crippen LogP contribution in [0.1, 0.15) is 43.1 Å². The van der Waals surface area contributed by atoms with Gasteiger partial charge in [-0.25, -0.2) is 9.78 Å². The fourth-order valence-corrected chi connectivity index (χ4v) is 3.33. The highest BCUT2D eigenvalue weighted by Crippen LogP contribution is 2.27. The van der Waals surface area contributed by atoms with Crippen molar-refractivity contribution in [1.82, 2.24) is 10.3 Å². The van der Waals surface area contributed by atoms with Gasteiger partial charge in [0.1, 0.15) is 18.2 Å². The van der Waals surface area contributed by atoms with Gasteiger partial charge < -0.3 is 29.4 Å². The molecule has 1 aliphatic rings. The van der Waals surface area contributed by atoms with Crippen molar-refractivity contribution in [3.63, 3.8) is 0 Å². The molecule has 0 radical (unpaired) electrons. The molecule has 4 atom stereocenters. The van der Waals surface area contributed by atoms with Crippen LogP contribution in [-0.4, -0.2) is 67.7 Å². The maximum atomic E-state index is 12.6. The summed E-state index contributed by atoms with van der Waals surface area (Å²) in [5.41, 5.74) is -0.216. The lowest BCUT2D eigenvalue weighted by Gasteiger charge is -2.32. The van der Waals surface area contributed by atoms with Crippen LogP contribution in [0.25, 0.3) is 0 Å². The molecule has 1 aromatic rings. The van der Waals surface area contributed by atoms with Gasteiger partial charge in [0.05, 0.1) is 13.2 Å². The minimum absolute atomic E-state index is 0.121. The Morgan fingerprint density at radius 1 is 1.25 bits per heavy atom. The number of aromatic nitrogens is 1. The van der Waals surface area contributed by atoms with Crippen LogP contribution in [0, 0.1) is 0 Å². The summed E-state index contributed by atoms with van der Waals surface area (Å²) in [5.74, 6) is -1.51. The van der Waals surface area contributed by atoms with Crippen LogP contribution in [0.2, 0.25) is 0 Å². The fourth-order valence-electron chi connectivity index (χ4n) is 3.33. The maximum Gasteiger partial charge on any atom is 0.329 e. The summed E-state index contributed by atoms with van der Waals surface area (Å²) in [7, 11) is 4.52. The Kier molecular flexibility index (Phi) is 8.01. The summed E-state index contributed by atoms with van der Waals surface area (Å²) < 4.78 is 21.5. The van der Waals surface area contributed by atoms with Gasteiger partial charge in [-0.1, -0.05) is 12.8 Å². The Morgan fingerprint density at radius 2 is 1.96 bits per heavy atom. The number of nitrogens with zero attached hydrogens (tertiary/aromatic N) is 1. The molecule has 2 heterocycles. The normalized spacial score (nSPS) is 26.2. The molecule has 1 saturated heterocycles. The number of rotatable bonds is 5. The van der Waals surface area contributed by atoms with Gasteiger partial charge in [0.2, 0.25) is 0 Å². The number of carbonyl (C=O) groups excluding carboxylic acids is 2. The van der Waals surface area contributed by atoms with Crippen LogP contribution in [0.5, 0.6) is 11.5 Å². The predicted molar refractivity (Wildman–Crippen MR) is 99.3 cm³/mol. The first-order valence-electron chi connectivity index (χ1n) is 9.21. The largest absolute Gasteiger partial charge is 0.503 e. The zero-order chi connectivity index (χ0) is 20.7. The van der Waals surface area contributed by atoms with E-state index in [0.717, 1.165) is 12.8 Å². The highest BCUT2D eigenvalue weighted by Gasteiger charge is 2.34. The van der Waals surface area contributed by atoms with Gasteiger partial charge in [0.15, 0.2) is 17.2 Å². The van der Waals surface area contributed by atoms with Gasteiger partial charge in [-0.05, 0) is 19.8 Å². The van der Waals surface area contributed by atoms with E-state index in [9.17, 15) is 14.7 Å². The van der Waals surface area contributed by atoms with Crippen LogP contribution in [0.4, 0.5) is 0 Å². The second kappa shape index (κ2) is 10.2. The minimum Gasteiger partial charge on any atom is -0.503 e. The van der Waals surface area contributed by atoms with Gasteiger partial charge in [0, 0.05) is 26.5 Å². The number of hydrogen-bond acceptors (Lipinski definition) is 8.